The zero-order valence-electron chi connectivity index (χ0n) is 12.7. The smallest absolute Gasteiger partial charge is 0.221 e. The molecule has 2 atom stereocenters. The lowest BCUT2D eigenvalue weighted by Gasteiger charge is -2.27. The second-order valence-corrected chi connectivity index (χ2v) is 6.91. The molecule has 20 heavy (non-hydrogen) atoms. The van der Waals surface area contributed by atoms with Crippen molar-refractivity contribution in [3.8, 4) is 0 Å². The molecule has 4 heteroatoms. The normalized spacial score (nSPS) is 14.7. The van der Waals surface area contributed by atoms with E-state index in [0.29, 0.717) is 6.42 Å². The zero-order chi connectivity index (χ0) is 15.3. The van der Waals surface area contributed by atoms with Crippen molar-refractivity contribution in [1.29, 1.82) is 0 Å². The van der Waals surface area contributed by atoms with Crippen molar-refractivity contribution in [2.45, 2.75) is 52.6 Å². The molecule has 0 fully saturated rings. The number of halogens is 1. The molecule has 0 aliphatic rings. The number of benzene rings is 1. The first kappa shape index (κ1) is 17.0. The summed E-state index contributed by atoms with van der Waals surface area (Å²) in [6.45, 7) is 8.13. The number of hydrogen-bond donors (Lipinski definition) is 2. The van der Waals surface area contributed by atoms with Gasteiger partial charge in [0.25, 0.3) is 0 Å². The van der Waals surface area contributed by atoms with Crippen LogP contribution in [-0.2, 0) is 11.2 Å². The summed E-state index contributed by atoms with van der Waals surface area (Å²) in [4.78, 5) is 11.9. The lowest BCUT2D eigenvalue weighted by molar-refractivity contribution is -0.122. The first-order valence-electron chi connectivity index (χ1n) is 6.98. The van der Waals surface area contributed by atoms with Crippen molar-refractivity contribution in [3.63, 3.8) is 0 Å². The van der Waals surface area contributed by atoms with Gasteiger partial charge in [0.15, 0.2) is 0 Å². The van der Waals surface area contributed by atoms with Crippen LogP contribution in [0, 0.1) is 5.41 Å². The average molecular weight is 297 g/mol. The molecule has 1 aromatic rings. The molecule has 0 aromatic heterocycles. The summed E-state index contributed by atoms with van der Waals surface area (Å²) < 4.78 is 0. The molecular weight excluding hydrogens is 272 g/mol. The first-order chi connectivity index (χ1) is 9.18. The molecule has 0 aliphatic carbocycles. The van der Waals surface area contributed by atoms with Crippen LogP contribution in [0.2, 0.25) is 5.02 Å². The quantitative estimate of drug-likeness (QED) is 0.877. The summed E-state index contributed by atoms with van der Waals surface area (Å²) in [7, 11) is 0. The van der Waals surface area contributed by atoms with Crippen LogP contribution in [-0.4, -0.2) is 18.0 Å². The van der Waals surface area contributed by atoms with E-state index in [1.54, 1.807) is 0 Å². The van der Waals surface area contributed by atoms with Crippen molar-refractivity contribution in [1.82, 2.24) is 5.32 Å². The number of amides is 1. The Morgan fingerprint density at radius 2 is 1.85 bits per heavy atom. The molecule has 1 amide bonds. The van der Waals surface area contributed by atoms with Crippen LogP contribution in [0.1, 0.15) is 39.7 Å². The van der Waals surface area contributed by atoms with E-state index in [1.807, 2.05) is 52.0 Å². The van der Waals surface area contributed by atoms with E-state index < -0.39 is 0 Å². The molecule has 2 unspecified atom stereocenters. The largest absolute Gasteiger partial charge is 0.353 e. The number of nitrogens with two attached hydrogens (primary N) is 1. The summed E-state index contributed by atoms with van der Waals surface area (Å²) in [5.41, 5.74) is 7.12. The summed E-state index contributed by atoms with van der Waals surface area (Å²) in [6.07, 6.45) is 1.14. The van der Waals surface area contributed by atoms with Crippen molar-refractivity contribution in [2.75, 3.05) is 0 Å². The van der Waals surface area contributed by atoms with Crippen LogP contribution >= 0.6 is 11.6 Å². The van der Waals surface area contributed by atoms with Gasteiger partial charge in [-0.1, -0.05) is 44.5 Å². The fourth-order valence-electron chi connectivity index (χ4n) is 1.86. The van der Waals surface area contributed by atoms with Crippen molar-refractivity contribution in [2.24, 2.45) is 11.1 Å². The topological polar surface area (TPSA) is 55.1 Å². The maximum Gasteiger partial charge on any atom is 0.221 e. The van der Waals surface area contributed by atoms with Crippen molar-refractivity contribution >= 4 is 17.5 Å². The Kier molecular flexibility index (Phi) is 6.03. The zero-order valence-corrected chi connectivity index (χ0v) is 13.5. The van der Waals surface area contributed by atoms with Crippen molar-refractivity contribution < 1.29 is 4.79 Å². The number of carbonyl (C=O) groups excluding carboxylic acids is 1. The molecule has 3 nitrogen and oxygen atoms in total. The fraction of sp³-hybridized carbons (Fsp3) is 0.562. The molecule has 112 valence electrons. The second-order valence-electron chi connectivity index (χ2n) is 6.48. The van der Waals surface area contributed by atoms with Crippen molar-refractivity contribution in [3.05, 3.63) is 34.9 Å². The predicted octanol–water partition coefficient (Wildman–Crippen LogP) is 3.15. The third kappa shape index (κ3) is 5.93. The Labute approximate surface area is 126 Å². The van der Waals surface area contributed by atoms with Gasteiger partial charge in [-0.3, -0.25) is 4.79 Å². The Hall–Kier alpha value is -1.06. The van der Waals surface area contributed by atoms with Gasteiger partial charge in [0.05, 0.1) is 0 Å². The van der Waals surface area contributed by atoms with E-state index in [2.05, 4.69) is 5.32 Å². The third-order valence-corrected chi connectivity index (χ3v) is 3.63. The van der Waals surface area contributed by atoms with E-state index in [9.17, 15) is 4.79 Å². The summed E-state index contributed by atoms with van der Waals surface area (Å²) in [5, 5.41) is 3.72. The van der Waals surface area contributed by atoms with E-state index in [-0.39, 0.29) is 23.4 Å². The highest BCUT2D eigenvalue weighted by Crippen LogP contribution is 2.19. The highest BCUT2D eigenvalue weighted by Gasteiger charge is 2.23. The molecule has 1 rings (SSSR count). The fourth-order valence-corrected chi connectivity index (χ4v) is 1.99. The first-order valence-corrected chi connectivity index (χ1v) is 7.35. The van der Waals surface area contributed by atoms with E-state index >= 15 is 0 Å². The van der Waals surface area contributed by atoms with Gasteiger partial charge in [-0.25, -0.2) is 0 Å². The van der Waals surface area contributed by atoms with Gasteiger partial charge in [0.1, 0.15) is 0 Å². The maximum absolute atomic E-state index is 11.9. The number of hydrogen-bond acceptors (Lipinski definition) is 2. The van der Waals surface area contributed by atoms with Crippen LogP contribution in [0.15, 0.2) is 24.3 Å². The average Bonchev–Trinajstić information content (AvgIpc) is 2.30. The van der Waals surface area contributed by atoms with Crippen LogP contribution < -0.4 is 11.1 Å². The minimum atomic E-state index is -0.134. The molecule has 0 radical (unpaired) electrons. The lowest BCUT2D eigenvalue weighted by Crippen LogP contribution is -2.42. The molecule has 0 spiro atoms. The van der Waals surface area contributed by atoms with Gasteiger partial charge in [-0.2, -0.15) is 0 Å². The van der Waals surface area contributed by atoms with Crippen LogP contribution in [0.3, 0.4) is 0 Å². The predicted molar refractivity (Wildman–Crippen MR) is 84.8 cm³/mol. The Morgan fingerprint density at radius 3 is 2.35 bits per heavy atom. The Bertz CT molecular complexity index is 437. The van der Waals surface area contributed by atoms with E-state index in [4.69, 9.17) is 17.3 Å². The molecule has 1 aromatic carbocycles. The molecule has 0 saturated heterocycles. The lowest BCUT2D eigenvalue weighted by atomic mass is 9.85. The minimum Gasteiger partial charge on any atom is -0.353 e. The van der Waals surface area contributed by atoms with E-state index in [0.717, 1.165) is 17.0 Å². The third-order valence-electron chi connectivity index (χ3n) is 3.38. The minimum absolute atomic E-state index is 0.00823. The van der Waals surface area contributed by atoms with Crippen LogP contribution in [0.4, 0.5) is 0 Å². The number of nitrogens with one attached hydrogen (secondary N) is 1. The highest BCUT2D eigenvalue weighted by molar-refractivity contribution is 6.30. The van der Waals surface area contributed by atoms with Gasteiger partial charge >= 0.3 is 0 Å². The maximum atomic E-state index is 11.9. The Morgan fingerprint density at radius 1 is 1.30 bits per heavy atom. The SMILES string of the molecule is CC(Cc1ccc(Cl)cc1)NC(=O)CC(N)C(C)(C)C. The Balaban J connectivity index is 2.44. The molecule has 0 saturated carbocycles. The molecule has 0 bridgehead atoms. The van der Waals surface area contributed by atoms with Gasteiger partial charge in [0.2, 0.25) is 5.91 Å². The molecular formula is C16H25ClN2O. The number of rotatable bonds is 5. The second kappa shape index (κ2) is 7.09. The molecule has 0 heterocycles. The van der Waals surface area contributed by atoms with Crippen LogP contribution in [0.25, 0.3) is 0 Å². The highest BCUT2D eigenvalue weighted by atomic mass is 35.5. The summed E-state index contributed by atoms with van der Waals surface area (Å²) >= 11 is 5.85. The van der Waals surface area contributed by atoms with Gasteiger partial charge < -0.3 is 11.1 Å². The monoisotopic (exact) mass is 296 g/mol. The summed E-state index contributed by atoms with van der Waals surface area (Å²) in [5.74, 6) is 0.00823. The van der Waals surface area contributed by atoms with Gasteiger partial charge in [-0.05, 0) is 36.5 Å². The number of carbonyl (C=O) groups is 1. The van der Waals surface area contributed by atoms with Gasteiger partial charge in [0, 0.05) is 23.5 Å². The van der Waals surface area contributed by atoms with E-state index in [1.165, 1.54) is 0 Å². The molecule has 3 N–H and O–H groups in total. The summed E-state index contributed by atoms with van der Waals surface area (Å²) in [6, 6.07) is 7.63. The van der Waals surface area contributed by atoms with Crippen LogP contribution in [0.5, 0.6) is 0 Å². The standard InChI is InChI=1S/C16H25ClN2O/c1-11(9-12-5-7-13(17)8-6-12)19-15(20)10-14(18)16(2,3)4/h5-8,11,14H,9-10,18H2,1-4H3,(H,19,20). The molecule has 0 aliphatic heterocycles. The van der Waals surface area contributed by atoms with Gasteiger partial charge in [-0.15, -0.1) is 0 Å².